The van der Waals surface area contributed by atoms with E-state index in [-0.39, 0.29) is 5.69 Å². The Morgan fingerprint density at radius 1 is 1.44 bits per heavy atom. The van der Waals surface area contributed by atoms with Gasteiger partial charge in [0.2, 0.25) is 0 Å². The molecular weight excluding hydrogens is 208 g/mol. The van der Waals surface area contributed by atoms with Crippen molar-refractivity contribution in [1.29, 1.82) is 0 Å². The monoisotopic (exact) mass is 218 g/mol. The summed E-state index contributed by atoms with van der Waals surface area (Å²) in [6, 6.07) is 3.09. The van der Waals surface area contributed by atoms with Crippen LogP contribution in [0.5, 0.6) is 0 Å². The number of fused-ring (bicyclic) bond motifs is 1. The number of aromatic nitrogens is 3. The standard InChI is InChI=1S/C10H10N4O2/c15-14(16)8-4-5-9-11-10(7-2-1-3-7)12-13(9)6-8/h4-7H,1-3H2. The Bertz CT molecular complexity index is 559. The fraction of sp³-hybridized carbons (Fsp3) is 0.400. The van der Waals surface area contributed by atoms with Crippen LogP contribution >= 0.6 is 0 Å². The average molecular weight is 218 g/mol. The third-order valence-corrected chi connectivity index (χ3v) is 3.01. The summed E-state index contributed by atoms with van der Waals surface area (Å²) in [5, 5.41) is 14.9. The molecule has 1 aliphatic rings. The van der Waals surface area contributed by atoms with E-state index in [4.69, 9.17) is 0 Å². The predicted molar refractivity (Wildman–Crippen MR) is 56.2 cm³/mol. The fourth-order valence-electron chi connectivity index (χ4n) is 1.84. The molecule has 1 aliphatic carbocycles. The van der Waals surface area contributed by atoms with Crippen LogP contribution in [0.25, 0.3) is 5.65 Å². The summed E-state index contributed by atoms with van der Waals surface area (Å²) in [7, 11) is 0. The molecule has 0 atom stereocenters. The van der Waals surface area contributed by atoms with E-state index in [9.17, 15) is 10.1 Å². The fourth-order valence-corrected chi connectivity index (χ4v) is 1.84. The smallest absolute Gasteiger partial charge is 0.258 e. The molecule has 0 spiro atoms. The molecule has 2 aromatic heterocycles. The SMILES string of the molecule is O=[N+]([O-])c1ccc2nc(C3CCC3)nn2c1. The van der Waals surface area contributed by atoms with Gasteiger partial charge in [-0.05, 0) is 18.9 Å². The van der Waals surface area contributed by atoms with Crippen molar-refractivity contribution in [2.75, 3.05) is 0 Å². The van der Waals surface area contributed by atoms with Crippen molar-refractivity contribution >= 4 is 11.3 Å². The van der Waals surface area contributed by atoms with Crippen LogP contribution in [0.2, 0.25) is 0 Å². The zero-order valence-electron chi connectivity index (χ0n) is 8.54. The first-order chi connectivity index (χ1) is 7.74. The summed E-state index contributed by atoms with van der Waals surface area (Å²) in [4.78, 5) is 14.5. The number of nitrogens with zero attached hydrogens (tertiary/aromatic N) is 4. The minimum Gasteiger partial charge on any atom is -0.258 e. The van der Waals surface area contributed by atoms with Crippen molar-refractivity contribution in [3.63, 3.8) is 0 Å². The van der Waals surface area contributed by atoms with Crippen LogP contribution in [0.3, 0.4) is 0 Å². The van der Waals surface area contributed by atoms with Gasteiger partial charge in [-0.25, -0.2) is 9.50 Å². The molecule has 0 amide bonds. The molecule has 0 N–H and O–H groups in total. The molecule has 16 heavy (non-hydrogen) atoms. The summed E-state index contributed by atoms with van der Waals surface area (Å²) in [5.74, 6) is 1.26. The average Bonchev–Trinajstić information content (AvgIpc) is 2.56. The second-order valence-corrected chi connectivity index (χ2v) is 4.05. The highest BCUT2D eigenvalue weighted by Crippen LogP contribution is 2.34. The zero-order valence-corrected chi connectivity index (χ0v) is 8.54. The lowest BCUT2D eigenvalue weighted by atomic mass is 9.85. The van der Waals surface area contributed by atoms with E-state index in [2.05, 4.69) is 10.1 Å². The van der Waals surface area contributed by atoms with Crippen LogP contribution in [-0.4, -0.2) is 19.5 Å². The van der Waals surface area contributed by atoms with Crippen LogP contribution < -0.4 is 0 Å². The number of hydrogen-bond acceptors (Lipinski definition) is 4. The molecular formula is C10H10N4O2. The highest BCUT2D eigenvalue weighted by molar-refractivity contribution is 5.43. The van der Waals surface area contributed by atoms with Crippen molar-refractivity contribution < 1.29 is 4.92 Å². The highest BCUT2D eigenvalue weighted by atomic mass is 16.6. The Labute approximate surface area is 91.1 Å². The number of pyridine rings is 1. The van der Waals surface area contributed by atoms with Crippen LogP contribution in [0, 0.1) is 10.1 Å². The van der Waals surface area contributed by atoms with E-state index in [0.717, 1.165) is 18.7 Å². The lowest BCUT2D eigenvalue weighted by molar-refractivity contribution is -0.385. The number of hydrogen-bond donors (Lipinski definition) is 0. The first kappa shape index (κ1) is 9.26. The predicted octanol–water partition coefficient (Wildman–Crippen LogP) is 1.90. The summed E-state index contributed by atoms with van der Waals surface area (Å²) >= 11 is 0. The molecule has 0 aliphatic heterocycles. The second-order valence-electron chi connectivity index (χ2n) is 4.05. The van der Waals surface area contributed by atoms with E-state index in [1.807, 2.05) is 0 Å². The maximum Gasteiger partial charge on any atom is 0.287 e. The Hall–Kier alpha value is -1.98. The topological polar surface area (TPSA) is 73.3 Å². The molecule has 0 radical (unpaired) electrons. The number of nitro groups is 1. The largest absolute Gasteiger partial charge is 0.287 e. The van der Waals surface area contributed by atoms with E-state index >= 15 is 0 Å². The van der Waals surface area contributed by atoms with Gasteiger partial charge in [-0.2, -0.15) is 5.10 Å². The van der Waals surface area contributed by atoms with Crippen molar-refractivity contribution in [1.82, 2.24) is 14.6 Å². The minimum absolute atomic E-state index is 0.0394. The molecule has 1 saturated carbocycles. The van der Waals surface area contributed by atoms with Gasteiger partial charge in [-0.15, -0.1) is 0 Å². The van der Waals surface area contributed by atoms with E-state index < -0.39 is 4.92 Å². The summed E-state index contributed by atoms with van der Waals surface area (Å²) in [6.45, 7) is 0. The Balaban J connectivity index is 2.06. The minimum atomic E-state index is -0.426. The maximum absolute atomic E-state index is 10.6. The second kappa shape index (κ2) is 3.26. The summed E-state index contributed by atoms with van der Waals surface area (Å²) in [6.07, 6.45) is 4.88. The van der Waals surface area contributed by atoms with Crippen LogP contribution in [0.15, 0.2) is 18.3 Å². The quantitative estimate of drug-likeness (QED) is 0.570. The maximum atomic E-state index is 10.6. The zero-order chi connectivity index (χ0) is 11.1. The molecule has 0 saturated heterocycles. The third kappa shape index (κ3) is 1.34. The van der Waals surface area contributed by atoms with Crippen LogP contribution in [0.1, 0.15) is 31.0 Å². The van der Waals surface area contributed by atoms with Crippen LogP contribution in [0.4, 0.5) is 5.69 Å². The van der Waals surface area contributed by atoms with E-state index in [1.54, 1.807) is 6.07 Å². The van der Waals surface area contributed by atoms with Gasteiger partial charge in [0.25, 0.3) is 5.69 Å². The van der Waals surface area contributed by atoms with Crippen molar-refractivity contribution in [3.8, 4) is 0 Å². The molecule has 1 fully saturated rings. The van der Waals surface area contributed by atoms with Gasteiger partial charge in [0.1, 0.15) is 6.20 Å². The van der Waals surface area contributed by atoms with Gasteiger partial charge < -0.3 is 0 Å². The molecule has 3 rings (SSSR count). The van der Waals surface area contributed by atoms with E-state index in [1.165, 1.54) is 23.2 Å². The van der Waals surface area contributed by atoms with Gasteiger partial charge in [0.15, 0.2) is 11.5 Å². The van der Waals surface area contributed by atoms with Gasteiger partial charge in [0, 0.05) is 12.0 Å². The number of rotatable bonds is 2. The van der Waals surface area contributed by atoms with E-state index in [0.29, 0.717) is 11.6 Å². The molecule has 0 bridgehead atoms. The highest BCUT2D eigenvalue weighted by Gasteiger charge is 2.24. The normalized spacial score (nSPS) is 16.2. The lowest BCUT2D eigenvalue weighted by Crippen LogP contribution is -2.10. The molecule has 6 nitrogen and oxygen atoms in total. The van der Waals surface area contributed by atoms with Crippen LogP contribution in [-0.2, 0) is 0 Å². The van der Waals surface area contributed by atoms with Gasteiger partial charge in [-0.3, -0.25) is 10.1 Å². The van der Waals surface area contributed by atoms with Crippen molar-refractivity contribution in [3.05, 3.63) is 34.3 Å². The summed E-state index contributed by atoms with van der Waals surface area (Å²) in [5.41, 5.74) is 0.713. The molecule has 82 valence electrons. The third-order valence-electron chi connectivity index (χ3n) is 3.01. The van der Waals surface area contributed by atoms with Gasteiger partial charge in [0.05, 0.1) is 4.92 Å². The first-order valence-corrected chi connectivity index (χ1v) is 5.25. The first-order valence-electron chi connectivity index (χ1n) is 5.25. The molecule has 0 unspecified atom stereocenters. The molecule has 2 heterocycles. The molecule has 6 heteroatoms. The lowest BCUT2D eigenvalue weighted by Gasteiger charge is -2.21. The van der Waals surface area contributed by atoms with Crippen molar-refractivity contribution in [2.24, 2.45) is 0 Å². The summed E-state index contributed by atoms with van der Waals surface area (Å²) < 4.78 is 1.49. The Morgan fingerprint density at radius 2 is 2.25 bits per heavy atom. The molecule has 2 aromatic rings. The van der Waals surface area contributed by atoms with Gasteiger partial charge in [-0.1, -0.05) is 6.42 Å². The Kier molecular flexibility index (Phi) is 1.89. The Morgan fingerprint density at radius 3 is 2.88 bits per heavy atom. The van der Waals surface area contributed by atoms with Gasteiger partial charge >= 0.3 is 0 Å². The van der Waals surface area contributed by atoms with Crippen molar-refractivity contribution in [2.45, 2.75) is 25.2 Å². The molecule has 0 aromatic carbocycles.